The number of hydrogen-bond acceptors (Lipinski definition) is 3. The lowest BCUT2D eigenvalue weighted by molar-refractivity contribution is 0.575. The van der Waals surface area contributed by atoms with Gasteiger partial charge in [-0.05, 0) is 18.4 Å². The molecule has 1 aromatic rings. The van der Waals surface area contributed by atoms with Crippen LogP contribution in [0.2, 0.25) is 5.02 Å². The largest absolute Gasteiger partial charge is 0.326 e. The van der Waals surface area contributed by atoms with Gasteiger partial charge in [-0.15, -0.1) is 0 Å². The van der Waals surface area contributed by atoms with Crippen LogP contribution in [0.4, 0.5) is 0 Å². The number of H-pyrrole nitrogens is 1. The van der Waals surface area contributed by atoms with Gasteiger partial charge in [-0.25, -0.2) is 13.1 Å². The summed E-state index contributed by atoms with van der Waals surface area (Å²) in [6.07, 6.45) is 4.38. The van der Waals surface area contributed by atoms with Crippen molar-refractivity contribution in [2.24, 2.45) is 5.92 Å². The van der Waals surface area contributed by atoms with Gasteiger partial charge in [-0.1, -0.05) is 24.4 Å². The lowest BCUT2D eigenvalue weighted by Gasteiger charge is -2.06. The molecule has 0 aromatic carbocycles. The maximum atomic E-state index is 11.8. The molecule has 1 aliphatic rings. The van der Waals surface area contributed by atoms with Gasteiger partial charge in [-0.2, -0.15) is 0 Å². The van der Waals surface area contributed by atoms with Crippen molar-refractivity contribution in [3.8, 4) is 0 Å². The first-order valence-electron chi connectivity index (χ1n) is 5.37. The van der Waals surface area contributed by atoms with E-state index in [0.717, 1.165) is 18.7 Å². The molecule has 0 amide bonds. The van der Waals surface area contributed by atoms with Crippen LogP contribution in [0.25, 0.3) is 0 Å². The lowest BCUT2D eigenvalue weighted by Crippen LogP contribution is -2.26. The summed E-state index contributed by atoms with van der Waals surface area (Å²) in [5.41, 5.74) is -0.497. The topological polar surface area (TPSA) is 79.0 Å². The summed E-state index contributed by atoms with van der Waals surface area (Å²) in [4.78, 5) is 13.3. The fraction of sp³-hybridized carbons (Fsp3) is 0.500. The second kappa shape index (κ2) is 4.80. The van der Waals surface area contributed by atoms with Gasteiger partial charge in [0.2, 0.25) is 10.0 Å². The highest BCUT2D eigenvalue weighted by Gasteiger charge is 2.22. The fourth-order valence-corrected chi connectivity index (χ4v) is 2.76. The second-order valence-electron chi connectivity index (χ2n) is 4.14. The number of halogens is 1. The molecule has 17 heavy (non-hydrogen) atoms. The predicted octanol–water partition coefficient (Wildman–Crippen LogP) is 1.11. The van der Waals surface area contributed by atoms with Gasteiger partial charge < -0.3 is 4.98 Å². The van der Waals surface area contributed by atoms with Gasteiger partial charge in [-0.3, -0.25) is 4.79 Å². The van der Waals surface area contributed by atoms with Crippen LogP contribution in [0.15, 0.2) is 22.0 Å². The lowest BCUT2D eigenvalue weighted by atomic mass is 10.3. The van der Waals surface area contributed by atoms with Crippen molar-refractivity contribution in [3.63, 3.8) is 0 Å². The Morgan fingerprint density at radius 1 is 1.47 bits per heavy atom. The first-order valence-corrected chi connectivity index (χ1v) is 7.23. The van der Waals surface area contributed by atoms with Gasteiger partial charge >= 0.3 is 0 Å². The van der Waals surface area contributed by atoms with Crippen LogP contribution in [0.5, 0.6) is 0 Å². The van der Waals surface area contributed by atoms with E-state index in [4.69, 9.17) is 11.6 Å². The van der Waals surface area contributed by atoms with Gasteiger partial charge in [0.05, 0.1) is 4.90 Å². The van der Waals surface area contributed by atoms with Crippen molar-refractivity contribution >= 4 is 21.6 Å². The van der Waals surface area contributed by atoms with Crippen LogP contribution in [0.1, 0.15) is 19.3 Å². The van der Waals surface area contributed by atoms with E-state index in [1.54, 1.807) is 0 Å². The third-order valence-electron chi connectivity index (χ3n) is 2.68. The number of pyridine rings is 1. The van der Waals surface area contributed by atoms with Crippen molar-refractivity contribution in [1.82, 2.24) is 9.71 Å². The van der Waals surface area contributed by atoms with Crippen LogP contribution < -0.4 is 10.3 Å². The number of rotatable bonds is 5. The Morgan fingerprint density at radius 3 is 2.76 bits per heavy atom. The molecule has 0 atom stereocenters. The highest BCUT2D eigenvalue weighted by molar-refractivity contribution is 7.89. The van der Waals surface area contributed by atoms with Crippen molar-refractivity contribution < 1.29 is 8.42 Å². The number of aromatic amines is 1. The van der Waals surface area contributed by atoms with Crippen LogP contribution >= 0.6 is 11.6 Å². The molecule has 0 aliphatic heterocycles. The first-order chi connectivity index (χ1) is 7.99. The summed E-state index contributed by atoms with van der Waals surface area (Å²) in [5.74, 6) is 0.664. The molecule has 2 rings (SSSR count). The van der Waals surface area contributed by atoms with E-state index in [2.05, 4.69) is 9.71 Å². The molecule has 94 valence electrons. The Bertz CT molecular complexity index is 563. The smallest absolute Gasteiger partial charge is 0.266 e. The van der Waals surface area contributed by atoms with E-state index in [9.17, 15) is 13.2 Å². The van der Waals surface area contributed by atoms with E-state index < -0.39 is 15.6 Å². The number of sulfonamides is 1. The predicted molar refractivity (Wildman–Crippen MR) is 64.6 cm³/mol. The van der Waals surface area contributed by atoms with E-state index >= 15 is 0 Å². The molecule has 0 bridgehead atoms. The van der Waals surface area contributed by atoms with Crippen molar-refractivity contribution in [2.45, 2.75) is 24.2 Å². The normalized spacial score (nSPS) is 16.1. The number of aromatic nitrogens is 1. The highest BCUT2D eigenvalue weighted by atomic mass is 35.5. The number of nitrogens with one attached hydrogen (secondary N) is 2. The minimum atomic E-state index is -3.57. The third kappa shape index (κ3) is 3.31. The maximum absolute atomic E-state index is 11.8. The summed E-state index contributed by atoms with van der Waals surface area (Å²) in [7, 11) is -3.57. The van der Waals surface area contributed by atoms with Gasteiger partial charge in [0.1, 0.15) is 5.02 Å². The third-order valence-corrected chi connectivity index (χ3v) is 4.40. The summed E-state index contributed by atoms with van der Waals surface area (Å²) < 4.78 is 26.1. The molecule has 1 fully saturated rings. The van der Waals surface area contributed by atoms with Crippen molar-refractivity contribution in [3.05, 3.63) is 27.6 Å². The van der Waals surface area contributed by atoms with Crippen molar-refractivity contribution in [2.75, 3.05) is 6.54 Å². The minimum Gasteiger partial charge on any atom is -0.326 e. The Morgan fingerprint density at radius 2 is 2.18 bits per heavy atom. The summed E-state index contributed by atoms with van der Waals surface area (Å²) >= 11 is 5.58. The highest BCUT2D eigenvalue weighted by Crippen LogP contribution is 2.31. The van der Waals surface area contributed by atoms with Crippen molar-refractivity contribution in [1.29, 1.82) is 0 Å². The fourth-order valence-electron chi connectivity index (χ4n) is 1.48. The molecular formula is C10H13ClN2O3S. The molecule has 2 N–H and O–H groups in total. The molecule has 0 unspecified atom stereocenters. The maximum Gasteiger partial charge on any atom is 0.266 e. The van der Waals surface area contributed by atoms with Gasteiger partial charge in [0.15, 0.2) is 0 Å². The van der Waals surface area contributed by atoms with E-state index in [-0.39, 0.29) is 9.92 Å². The van der Waals surface area contributed by atoms with Crippen LogP contribution in [0.3, 0.4) is 0 Å². The van der Waals surface area contributed by atoms with Crippen LogP contribution in [-0.2, 0) is 10.0 Å². The SMILES string of the molecule is O=c1[nH]cc(S(=O)(=O)NCCC2CC2)cc1Cl. The average molecular weight is 277 g/mol. The first kappa shape index (κ1) is 12.6. The Hall–Kier alpha value is -0.850. The van der Waals surface area contributed by atoms with Gasteiger partial charge in [0, 0.05) is 12.7 Å². The standard InChI is InChI=1S/C10H13ClN2O3S/c11-9-5-8(6-12-10(9)14)17(15,16)13-4-3-7-1-2-7/h5-7,13H,1-4H2,(H,12,14). The minimum absolute atomic E-state index is 0.0158. The molecule has 7 heteroatoms. The second-order valence-corrected chi connectivity index (χ2v) is 6.32. The average Bonchev–Trinajstić information content (AvgIpc) is 3.05. The summed E-state index contributed by atoms with van der Waals surface area (Å²) in [6.45, 7) is 0.420. The Kier molecular flexibility index (Phi) is 3.56. The Balaban J connectivity index is 2.07. The molecule has 0 spiro atoms. The summed E-state index contributed by atoms with van der Waals surface area (Å²) in [5, 5.41) is -0.130. The molecule has 1 heterocycles. The molecule has 0 radical (unpaired) electrons. The number of hydrogen-bond donors (Lipinski definition) is 2. The Labute approximate surface area is 104 Å². The quantitative estimate of drug-likeness (QED) is 0.845. The van der Waals surface area contributed by atoms with Gasteiger partial charge in [0.25, 0.3) is 5.56 Å². The van der Waals surface area contributed by atoms with Crippen LogP contribution in [0, 0.1) is 5.92 Å². The monoisotopic (exact) mass is 276 g/mol. The zero-order valence-electron chi connectivity index (χ0n) is 9.07. The molecule has 0 saturated heterocycles. The summed E-state index contributed by atoms with van der Waals surface area (Å²) in [6, 6.07) is 1.15. The van der Waals surface area contributed by atoms with E-state index in [1.807, 2.05) is 0 Å². The molecule has 5 nitrogen and oxygen atoms in total. The molecular weight excluding hydrogens is 264 g/mol. The molecule has 1 saturated carbocycles. The molecule has 1 aromatic heterocycles. The molecule has 1 aliphatic carbocycles. The van der Waals surface area contributed by atoms with Crippen LogP contribution in [-0.4, -0.2) is 19.9 Å². The zero-order valence-corrected chi connectivity index (χ0v) is 10.6. The van der Waals surface area contributed by atoms with E-state index in [1.165, 1.54) is 12.8 Å². The zero-order chi connectivity index (χ0) is 12.5. The van der Waals surface area contributed by atoms with E-state index in [0.29, 0.717) is 12.5 Å².